The third-order valence-electron chi connectivity index (χ3n) is 6.70. The maximum absolute atomic E-state index is 5.21. The lowest BCUT2D eigenvalue weighted by Crippen LogP contribution is -2.47. The fraction of sp³-hybridized carbons (Fsp3) is 0.500. The molecule has 2 aliphatic heterocycles. The number of aromatic nitrogens is 3. The van der Waals surface area contributed by atoms with Crippen LogP contribution >= 0.6 is 15.9 Å². The molecular weight excluding hydrogens is 482 g/mol. The van der Waals surface area contributed by atoms with Crippen molar-refractivity contribution < 1.29 is 4.74 Å². The van der Waals surface area contributed by atoms with E-state index in [0.29, 0.717) is 6.04 Å². The molecule has 2 fully saturated rings. The second kappa shape index (κ2) is 9.97. The molecule has 0 amide bonds. The van der Waals surface area contributed by atoms with Crippen molar-refractivity contribution in [3.8, 4) is 11.4 Å². The number of ether oxygens (including phenoxy) is 1. The van der Waals surface area contributed by atoms with Crippen LogP contribution in [0, 0.1) is 0 Å². The molecule has 2 N–H and O–H groups in total. The number of hydrogen-bond acceptors (Lipinski definition) is 7. The van der Waals surface area contributed by atoms with Crippen LogP contribution in [0.3, 0.4) is 0 Å². The first-order chi connectivity index (χ1) is 16.1. The van der Waals surface area contributed by atoms with Crippen molar-refractivity contribution in [1.29, 1.82) is 0 Å². The lowest BCUT2D eigenvalue weighted by atomic mass is 10.1. The van der Waals surface area contributed by atoms with Crippen LogP contribution in [0.25, 0.3) is 22.6 Å². The number of piperazine rings is 1. The number of likely N-dealkylation sites (N-methyl/N-ethyl adjacent to an activating group) is 1. The molecule has 1 aromatic carbocycles. The summed E-state index contributed by atoms with van der Waals surface area (Å²) in [7, 11) is 3.93. The second-order valence-corrected chi connectivity index (χ2v) is 9.88. The number of nitrogens with one attached hydrogen (secondary N) is 2. The molecule has 4 heterocycles. The van der Waals surface area contributed by atoms with Crippen LogP contribution < -0.4 is 10.2 Å². The van der Waals surface area contributed by atoms with E-state index in [2.05, 4.69) is 77.2 Å². The van der Waals surface area contributed by atoms with Gasteiger partial charge in [-0.25, -0.2) is 9.97 Å². The molecule has 2 saturated heterocycles. The SMILES string of the molecule is COCCN1CCN(c2ccc(-c3nc4ncc(Br)c(N[C@H]5CCN(C)C5)c4[nH]3)cc2)CC1. The van der Waals surface area contributed by atoms with Gasteiger partial charge in [-0.15, -0.1) is 0 Å². The first-order valence-electron chi connectivity index (χ1n) is 11.7. The average molecular weight is 514 g/mol. The summed E-state index contributed by atoms with van der Waals surface area (Å²) in [6, 6.07) is 9.13. The molecule has 0 bridgehead atoms. The van der Waals surface area contributed by atoms with Crippen LogP contribution in [-0.4, -0.2) is 97.4 Å². The van der Waals surface area contributed by atoms with Gasteiger partial charge in [-0.3, -0.25) is 4.90 Å². The van der Waals surface area contributed by atoms with E-state index in [9.17, 15) is 0 Å². The van der Waals surface area contributed by atoms with E-state index in [-0.39, 0.29) is 0 Å². The number of nitrogens with zero attached hydrogens (tertiary/aromatic N) is 5. The summed E-state index contributed by atoms with van der Waals surface area (Å²) in [6.45, 7) is 8.18. The quantitative estimate of drug-likeness (QED) is 0.502. The third-order valence-corrected chi connectivity index (χ3v) is 7.30. The highest BCUT2D eigenvalue weighted by atomic mass is 79.9. The lowest BCUT2D eigenvalue weighted by Gasteiger charge is -2.36. The number of anilines is 2. The molecular formula is C24H32BrN7O. The number of methoxy groups -OCH3 is 1. The predicted octanol–water partition coefficient (Wildman–Crippen LogP) is 3.27. The fourth-order valence-corrected chi connectivity index (χ4v) is 5.16. The Balaban J connectivity index is 1.31. The number of fused-ring (bicyclic) bond motifs is 1. The summed E-state index contributed by atoms with van der Waals surface area (Å²) in [5.74, 6) is 0.845. The van der Waals surface area contributed by atoms with Crippen molar-refractivity contribution in [2.45, 2.75) is 12.5 Å². The molecule has 2 aromatic heterocycles. The largest absolute Gasteiger partial charge is 0.383 e. The highest BCUT2D eigenvalue weighted by molar-refractivity contribution is 9.10. The molecule has 176 valence electrons. The Morgan fingerprint density at radius 3 is 2.64 bits per heavy atom. The van der Waals surface area contributed by atoms with Gasteiger partial charge in [0.2, 0.25) is 0 Å². The number of pyridine rings is 1. The van der Waals surface area contributed by atoms with Gasteiger partial charge in [-0.1, -0.05) is 0 Å². The normalized spacial score (nSPS) is 20.1. The summed E-state index contributed by atoms with van der Waals surface area (Å²) in [5.41, 5.74) is 5.05. The van der Waals surface area contributed by atoms with Crippen molar-refractivity contribution in [3.05, 3.63) is 34.9 Å². The van der Waals surface area contributed by atoms with Crippen LogP contribution in [0.5, 0.6) is 0 Å². The van der Waals surface area contributed by atoms with Gasteiger partial charge >= 0.3 is 0 Å². The molecule has 9 heteroatoms. The lowest BCUT2D eigenvalue weighted by molar-refractivity contribution is 0.144. The van der Waals surface area contributed by atoms with Gasteiger partial charge in [0.25, 0.3) is 0 Å². The van der Waals surface area contributed by atoms with Crippen molar-refractivity contribution in [3.63, 3.8) is 0 Å². The average Bonchev–Trinajstić information content (AvgIpc) is 3.46. The number of aromatic amines is 1. The molecule has 33 heavy (non-hydrogen) atoms. The number of halogens is 1. The Bertz CT molecular complexity index is 1080. The Kier molecular flexibility index (Phi) is 6.82. The molecule has 8 nitrogen and oxygen atoms in total. The number of H-pyrrole nitrogens is 1. The molecule has 0 radical (unpaired) electrons. The van der Waals surface area contributed by atoms with Crippen LogP contribution in [0.4, 0.5) is 11.4 Å². The molecule has 0 spiro atoms. The minimum atomic E-state index is 0.429. The summed E-state index contributed by atoms with van der Waals surface area (Å²) < 4.78 is 6.17. The maximum Gasteiger partial charge on any atom is 0.180 e. The number of rotatable bonds is 7. The summed E-state index contributed by atoms with van der Waals surface area (Å²) >= 11 is 3.67. The number of hydrogen-bond donors (Lipinski definition) is 2. The van der Waals surface area contributed by atoms with E-state index in [4.69, 9.17) is 9.72 Å². The molecule has 2 aliphatic rings. The Morgan fingerprint density at radius 2 is 1.94 bits per heavy atom. The predicted molar refractivity (Wildman–Crippen MR) is 137 cm³/mol. The van der Waals surface area contributed by atoms with Gasteiger partial charge in [0.15, 0.2) is 5.65 Å². The topological polar surface area (TPSA) is 72.6 Å². The van der Waals surface area contributed by atoms with E-state index in [0.717, 1.165) is 91.6 Å². The van der Waals surface area contributed by atoms with E-state index in [1.807, 2.05) is 6.20 Å². The van der Waals surface area contributed by atoms with Crippen molar-refractivity contribution in [1.82, 2.24) is 24.8 Å². The van der Waals surface area contributed by atoms with Gasteiger partial charge in [0, 0.05) is 69.9 Å². The Labute approximate surface area is 203 Å². The highest BCUT2D eigenvalue weighted by Crippen LogP contribution is 2.32. The molecule has 0 saturated carbocycles. The van der Waals surface area contributed by atoms with E-state index in [1.54, 1.807) is 7.11 Å². The molecule has 3 aromatic rings. The molecule has 1 atom stereocenters. The summed E-state index contributed by atoms with van der Waals surface area (Å²) in [6.07, 6.45) is 2.97. The summed E-state index contributed by atoms with van der Waals surface area (Å²) in [4.78, 5) is 20.1. The van der Waals surface area contributed by atoms with Crippen LogP contribution in [0.2, 0.25) is 0 Å². The fourth-order valence-electron chi connectivity index (χ4n) is 4.75. The molecule has 0 unspecified atom stereocenters. The molecule has 5 rings (SSSR count). The van der Waals surface area contributed by atoms with Gasteiger partial charge in [-0.2, -0.15) is 0 Å². The van der Waals surface area contributed by atoms with Crippen molar-refractivity contribution in [2.24, 2.45) is 0 Å². The first-order valence-corrected chi connectivity index (χ1v) is 12.5. The monoisotopic (exact) mass is 513 g/mol. The van der Waals surface area contributed by atoms with Gasteiger partial charge in [-0.05, 0) is 60.2 Å². The number of likely N-dealkylation sites (tertiary alicyclic amines) is 1. The zero-order valence-corrected chi connectivity index (χ0v) is 20.9. The van der Waals surface area contributed by atoms with Crippen molar-refractivity contribution >= 4 is 38.5 Å². The van der Waals surface area contributed by atoms with E-state index >= 15 is 0 Å². The number of benzene rings is 1. The second-order valence-electron chi connectivity index (χ2n) is 9.03. The standard InChI is InChI=1S/C24H32BrN7O/c1-30-8-7-18(16-30)27-21-20(25)15-26-24-22(21)28-23(29-24)17-3-5-19(6-4-17)32-11-9-31(10-12-32)13-14-33-2/h3-6,15,18H,7-14,16H2,1-2H3,(H2,26,27,28,29)/t18-/m0/s1. The molecule has 0 aliphatic carbocycles. The maximum atomic E-state index is 5.21. The van der Waals surface area contributed by atoms with Crippen LogP contribution in [-0.2, 0) is 4.74 Å². The zero-order chi connectivity index (χ0) is 22.8. The minimum Gasteiger partial charge on any atom is -0.383 e. The van der Waals surface area contributed by atoms with Gasteiger partial charge in [0.1, 0.15) is 11.3 Å². The Hall–Kier alpha value is -2.20. The highest BCUT2D eigenvalue weighted by Gasteiger charge is 2.22. The van der Waals surface area contributed by atoms with Crippen molar-refractivity contribution in [2.75, 3.05) is 76.8 Å². The van der Waals surface area contributed by atoms with E-state index in [1.165, 1.54) is 5.69 Å². The minimum absolute atomic E-state index is 0.429. The van der Waals surface area contributed by atoms with Crippen LogP contribution in [0.15, 0.2) is 34.9 Å². The Morgan fingerprint density at radius 1 is 1.15 bits per heavy atom. The summed E-state index contributed by atoms with van der Waals surface area (Å²) in [5, 5.41) is 3.70. The smallest absolute Gasteiger partial charge is 0.180 e. The van der Waals surface area contributed by atoms with E-state index < -0.39 is 0 Å². The zero-order valence-electron chi connectivity index (χ0n) is 19.4. The first kappa shape index (κ1) is 22.6. The third kappa shape index (κ3) is 5.01. The van der Waals surface area contributed by atoms with Crippen LogP contribution in [0.1, 0.15) is 6.42 Å². The van der Waals surface area contributed by atoms with Gasteiger partial charge in [0.05, 0.1) is 16.8 Å². The van der Waals surface area contributed by atoms with Gasteiger partial charge < -0.3 is 24.8 Å². The number of imidazole rings is 1.